The second-order valence-electron chi connectivity index (χ2n) is 4.57. The lowest BCUT2D eigenvalue weighted by molar-refractivity contribution is 0.902. The Morgan fingerprint density at radius 3 is 2.19 bits per heavy atom. The zero-order valence-electron chi connectivity index (χ0n) is 11.2. The third kappa shape index (κ3) is 2.67. The maximum Gasteiger partial charge on any atom is 0.281 e. The van der Waals surface area contributed by atoms with Gasteiger partial charge in [-0.15, -0.1) is 0 Å². The fraction of sp³-hybridized carbons (Fsp3) is 0.0588. The molecule has 0 bridgehead atoms. The molecule has 104 valence electrons. The third-order valence-electron chi connectivity index (χ3n) is 3.23. The number of hydrogen-bond acceptors (Lipinski definition) is 2. The number of halogens is 1. The summed E-state index contributed by atoms with van der Waals surface area (Å²) in [6.45, 7) is 0. The molecule has 0 fully saturated rings. The molecule has 0 radical (unpaired) electrons. The predicted octanol–water partition coefficient (Wildman–Crippen LogP) is 3.79. The number of rotatable bonds is 3. The zero-order chi connectivity index (χ0) is 14.7. The molecular formula is C17H13BrN2O. The van der Waals surface area contributed by atoms with Crippen LogP contribution in [-0.2, 0) is 5.33 Å². The van der Waals surface area contributed by atoms with E-state index in [0.29, 0.717) is 11.0 Å². The summed E-state index contributed by atoms with van der Waals surface area (Å²) in [5.74, 6) is 0. The van der Waals surface area contributed by atoms with E-state index in [9.17, 15) is 4.79 Å². The summed E-state index contributed by atoms with van der Waals surface area (Å²) in [4.78, 5) is 17.2. The van der Waals surface area contributed by atoms with Gasteiger partial charge in [0.15, 0.2) is 0 Å². The molecule has 0 aliphatic heterocycles. The Morgan fingerprint density at radius 2 is 1.57 bits per heavy atom. The van der Waals surface area contributed by atoms with E-state index in [-0.39, 0.29) is 5.56 Å². The first-order valence-corrected chi connectivity index (χ1v) is 7.71. The average molecular weight is 341 g/mol. The summed E-state index contributed by atoms with van der Waals surface area (Å²) in [6.07, 6.45) is 1.74. The van der Waals surface area contributed by atoms with Crippen molar-refractivity contribution in [3.05, 3.63) is 82.9 Å². The van der Waals surface area contributed by atoms with Crippen LogP contribution in [0, 0.1) is 0 Å². The van der Waals surface area contributed by atoms with Gasteiger partial charge in [0.2, 0.25) is 0 Å². The molecule has 0 N–H and O–H groups in total. The van der Waals surface area contributed by atoms with Crippen molar-refractivity contribution in [3.8, 4) is 16.9 Å². The summed E-state index contributed by atoms with van der Waals surface area (Å²) in [6, 6.07) is 19.1. The quantitative estimate of drug-likeness (QED) is 0.680. The highest BCUT2D eigenvalue weighted by Crippen LogP contribution is 2.16. The number of nitrogens with zero attached hydrogens (tertiary/aromatic N) is 2. The van der Waals surface area contributed by atoms with Crippen molar-refractivity contribution in [1.29, 1.82) is 0 Å². The number of benzene rings is 2. The van der Waals surface area contributed by atoms with Gasteiger partial charge < -0.3 is 0 Å². The fourth-order valence-corrected chi connectivity index (χ4v) is 2.63. The average Bonchev–Trinajstić information content (AvgIpc) is 2.56. The molecular weight excluding hydrogens is 328 g/mol. The van der Waals surface area contributed by atoms with E-state index in [1.54, 1.807) is 10.8 Å². The topological polar surface area (TPSA) is 34.9 Å². The molecule has 1 heterocycles. The predicted molar refractivity (Wildman–Crippen MR) is 87.9 cm³/mol. The number of hydrogen-bond donors (Lipinski definition) is 0. The second-order valence-corrected chi connectivity index (χ2v) is 5.13. The molecule has 3 rings (SSSR count). The van der Waals surface area contributed by atoms with E-state index in [0.717, 1.165) is 16.9 Å². The van der Waals surface area contributed by atoms with E-state index < -0.39 is 0 Å². The van der Waals surface area contributed by atoms with Crippen molar-refractivity contribution in [3.63, 3.8) is 0 Å². The van der Waals surface area contributed by atoms with Gasteiger partial charge in [0.25, 0.3) is 5.56 Å². The van der Waals surface area contributed by atoms with E-state index >= 15 is 0 Å². The van der Waals surface area contributed by atoms with Crippen LogP contribution >= 0.6 is 15.9 Å². The van der Waals surface area contributed by atoms with Crippen LogP contribution in [0.15, 0.2) is 71.7 Å². The minimum Gasteiger partial charge on any atom is -0.277 e. The first-order valence-electron chi connectivity index (χ1n) is 6.59. The van der Waals surface area contributed by atoms with Crippen molar-refractivity contribution >= 4 is 15.9 Å². The van der Waals surface area contributed by atoms with Gasteiger partial charge in [-0.05, 0) is 12.1 Å². The van der Waals surface area contributed by atoms with Crippen molar-refractivity contribution in [2.24, 2.45) is 0 Å². The molecule has 0 aliphatic rings. The standard InChI is InChI=1S/C17H13BrN2O/c18-11-15-12-19-16(13-7-3-1-4-8-13)17(21)20(15)14-9-5-2-6-10-14/h1-10,12H,11H2. The highest BCUT2D eigenvalue weighted by Gasteiger charge is 2.12. The Morgan fingerprint density at radius 1 is 0.952 bits per heavy atom. The highest BCUT2D eigenvalue weighted by molar-refractivity contribution is 9.08. The highest BCUT2D eigenvalue weighted by atomic mass is 79.9. The first-order chi connectivity index (χ1) is 10.3. The van der Waals surface area contributed by atoms with E-state index in [4.69, 9.17) is 0 Å². The van der Waals surface area contributed by atoms with Crippen LogP contribution in [0.2, 0.25) is 0 Å². The molecule has 1 aromatic heterocycles. The van der Waals surface area contributed by atoms with Crippen LogP contribution in [0.1, 0.15) is 5.69 Å². The number of para-hydroxylation sites is 1. The summed E-state index contributed by atoms with van der Waals surface area (Å²) in [5, 5.41) is 0.569. The molecule has 2 aromatic carbocycles. The molecule has 0 saturated carbocycles. The Labute approximate surface area is 131 Å². The van der Waals surface area contributed by atoms with Gasteiger partial charge >= 0.3 is 0 Å². The van der Waals surface area contributed by atoms with Crippen molar-refractivity contribution in [2.75, 3.05) is 0 Å². The molecule has 0 spiro atoms. The Balaban J connectivity index is 2.26. The smallest absolute Gasteiger partial charge is 0.277 e. The lowest BCUT2D eigenvalue weighted by Gasteiger charge is -2.12. The normalized spacial score (nSPS) is 10.5. The van der Waals surface area contributed by atoms with Crippen molar-refractivity contribution in [2.45, 2.75) is 5.33 Å². The van der Waals surface area contributed by atoms with Crippen LogP contribution in [0.25, 0.3) is 16.9 Å². The van der Waals surface area contributed by atoms with Gasteiger partial charge in [-0.3, -0.25) is 9.36 Å². The van der Waals surface area contributed by atoms with Crippen molar-refractivity contribution in [1.82, 2.24) is 9.55 Å². The van der Waals surface area contributed by atoms with Gasteiger partial charge in [0.1, 0.15) is 5.69 Å². The summed E-state index contributed by atoms with van der Waals surface area (Å²) in [7, 11) is 0. The van der Waals surface area contributed by atoms with E-state index in [2.05, 4.69) is 20.9 Å². The number of alkyl halides is 1. The number of aromatic nitrogens is 2. The summed E-state index contributed by atoms with van der Waals surface area (Å²) < 4.78 is 1.70. The molecule has 0 atom stereocenters. The fourth-order valence-electron chi connectivity index (χ4n) is 2.24. The lowest BCUT2D eigenvalue weighted by atomic mass is 10.1. The largest absolute Gasteiger partial charge is 0.281 e. The first kappa shape index (κ1) is 13.8. The van der Waals surface area contributed by atoms with Crippen LogP contribution in [-0.4, -0.2) is 9.55 Å². The molecule has 3 aromatic rings. The van der Waals surface area contributed by atoms with Gasteiger partial charge in [0, 0.05) is 22.8 Å². The Kier molecular flexibility index (Phi) is 3.97. The maximum absolute atomic E-state index is 12.8. The Bertz CT molecular complexity index is 798. The van der Waals surface area contributed by atoms with Gasteiger partial charge in [0.05, 0.1) is 5.69 Å². The lowest BCUT2D eigenvalue weighted by Crippen LogP contribution is -2.24. The third-order valence-corrected chi connectivity index (χ3v) is 3.81. The second kappa shape index (κ2) is 6.06. The van der Waals surface area contributed by atoms with Crippen LogP contribution < -0.4 is 5.56 Å². The zero-order valence-corrected chi connectivity index (χ0v) is 12.8. The van der Waals surface area contributed by atoms with Crippen molar-refractivity contribution < 1.29 is 0 Å². The van der Waals surface area contributed by atoms with Gasteiger partial charge in [-0.2, -0.15) is 0 Å². The van der Waals surface area contributed by atoms with Crippen LogP contribution in [0.5, 0.6) is 0 Å². The molecule has 0 saturated heterocycles. The Hall–Kier alpha value is -2.20. The van der Waals surface area contributed by atoms with Gasteiger partial charge in [-0.1, -0.05) is 64.5 Å². The minimum absolute atomic E-state index is 0.107. The minimum atomic E-state index is -0.107. The molecule has 4 heteroatoms. The molecule has 21 heavy (non-hydrogen) atoms. The summed E-state index contributed by atoms with van der Waals surface area (Å²) in [5.41, 5.74) is 2.85. The molecule has 3 nitrogen and oxygen atoms in total. The van der Waals surface area contributed by atoms with E-state index in [1.165, 1.54) is 0 Å². The molecule has 0 unspecified atom stereocenters. The van der Waals surface area contributed by atoms with Gasteiger partial charge in [-0.25, -0.2) is 4.98 Å². The summed E-state index contributed by atoms with van der Waals surface area (Å²) >= 11 is 3.42. The molecule has 0 aliphatic carbocycles. The monoisotopic (exact) mass is 340 g/mol. The van der Waals surface area contributed by atoms with Crippen LogP contribution in [0.3, 0.4) is 0 Å². The van der Waals surface area contributed by atoms with E-state index in [1.807, 2.05) is 60.7 Å². The molecule has 0 amide bonds. The van der Waals surface area contributed by atoms with Crippen LogP contribution in [0.4, 0.5) is 0 Å². The maximum atomic E-state index is 12.8. The SMILES string of the molecule is O=c1c(-c2ccccc2)ncc(CBr)n1-c1ccccc1.